The van der Waals surface area contributed by atoms with Crippen LogP contribution in [0, 0.1) is 0 Å². The first-order valence-electron chi connectivity index (χ1n) is 6.00. The summed E-state index contributed by atoms with van der Waals surface area (Å²) >= 11 is 5.80. The number of anilines is 1. The quantitative estimate of drug-likeness (QED) is 0.533. The number of amides is 1. The third-order valence-electron chi connectivity index (χ3n) is 2.73. The molecule has 4 N–H and O–H groups in total. The van der Waals surface area contributed by atoms with Gasteiger partial charge in [0, 0.05) is 12.0 Å². The second-order valence-electron chi connectivity index (χ2n) is 4.22. The average molecular weight is 315 g/mol. The molecule has 21 heavy (non-hydrogen) atoms. The minimum atomic E-state index is -1.24. The molecule has 1 atom stereocenters. The number of ether oxygens (including phenoxy) is 1. The van der Waals surface area contributed by atoms with Crippen molar-refractivity contribution >= 4 is 35.1 Å². The van der Waals surface area contributed by atoms with Crippen molar-refractivity contribution in [3.8, 4) is 0 Å². The summed E-state index contributed by atoms with van der Waals surface area (Å²) in [6.07, 6.45) is -0.188. The summed E-state index contributed by atoms with van der Waals surface area (Å²) in [4.78, 5) is 34.0. The number of aliphatic carboxylic acids is 1. The number of nitrogen functional groups attached to an aromatic ring is 1. The van der Waals surface area contributed by atoms with E-state index >= 15 is 0 Å². The maximum absolute atomic E-state index is 11.9. The van der Waals surface area contributed by atoms with Gasteiger partial charge in [0.15, 0.2) is 0 Å². The van der Waals surface area contributed by atoms with E-state index in [9.17, 15) is 14.4 Å². The molecular formula is C13H15ClN2O5. The number of halogens is 1. The lowest BCUT2D eigenvalue weighted by Gasteiger charge is -2.14. The van der Waals surface area contributed by atoms with E-state index in [0.29, 0.717) is 5.69 Å². The molecular weight excluding hydrogens is 300 g/mol. The zero-order chi connectivity index (χ0) is 16.0. The minimum absolute atomic E-state index is 0.0730. The molecule has 0 aliphatic heterocycles. The number of rotatable bonds is 6. The average Bonchev–Trinajstić information content (AvgIpc) is 2.45. The molecule has 1 amide bonds. The molecule has 0 saturated heterocycles. The van der Waals surface area contributed by atoms with Crippen molar-refractivity contribution in [1.82, 2.24) is 5.32 Å². The summed E-state index contributed by atoms with van der Waals surface area (Å²) in [5.41, 5.74) is 6.02. The molecule has 1 rings (SSSR count). The second-order valence-corrected chi connectivity index (χ2v) is 4.62. The van der Waals surface area contributed by atoms with Gasteiger partial charge in [0.05, 0.1) is 17.8 Å². The monoisotopic (exact) mass is 314 g/mol. The van der Waals surface area contributed by atoms with E-state index in [4.69, 9.17) is 22.4 Å². The Labute approximate surface area is 126 Å². The van der Waals surface area contributed by atoms with Crippen LogP contribution in [0.1, 0.15) is 23.2 Å². The Morgan fingerprint density at radius 1 is 1.43 bits per heavy atom. The summed E-state index contributed by atoms with van der Waals surface area (Å²) < 4.78 is 4.42. The fourth-order valence-electron chi connectivity index (χ4n) is 1.53. The van der Waals surface area contributed by atoms with Crippen LogP contribution in [-0.2, 0) is 14.3 Å². The normalized spacial score (nSPS) is 11.5. The number of carbonyl (C=O) groups is 3. The molecule has 0 aliphatic carbocycles. The Morgan fingerprint density at radius 3 is 2.62 bits per heavy atom. The Bertz CT molecular complexity index is 561. The van der Waals surface area contributed by atoms with Crippen molar-refractivity contribution in [3.63, 3.8) is 0 Å². The number of nitrogens with one attached hydrogen (secondary N) is 1. The van der Waals surface area contributed by atoms with Crippen molar-refractivity contribution in [2.75, 3.05) is 12.8 Å². The van der Waals surface area contributed by atoms with Crippen LogP contribution in [-0.4, -0.2) is 36.1 Å². The molecule has 0 spiro atoms. The second kappa shape index (κ2) is 7.49. The van der Waals surface area contributed by atoms with Crippen LogP contribution >= 0.6 is 11.6 Å². The van der Waals surface area contributed by atoms with Crippen LogP contribution in [0.25, 0.3) is 0 Å². The van der Waals surface area contributed by atoms with E-state index in [1.54, 1.807) is 0 Å². The molecule has 0 fully saturated rings. The van der Waals surface area contributed by atoms with Crippen molar-refractivity contribution in [2.24, 2.45) is 0 Å². The van der Waals surface area contributed by atoms with Crippen LogP contribution in [0.4, 0.5) is 5.69 Å². The largest absolute Gasteiger partial charge is 0.480 e. The molecule has 0 bridgehead atoms. The highest BCUT2D eigenvalue weighted by Gasteiger charge is 2.22. The highest BCUT2D eigenvalue weighted by Crippen LogP contribution is 2.19. The van der Waals surface area contributed by atoms with Gasteiger partial charge in [-0.1, -0.05) is 11.6 Å². The van der Waals surface area contributed by atoms with E-state index in [-0.39, 0.29) is 23.4 Å². The Balaban J connectivity index is 2.74. The molecule has 0 heterocycles. The molecule has 0 saturated carbocycles. The topological polar surface area (TPSA) is 119 Å². The van der Waals surface area contributed by atoms with Gasteiger partial charge in [-0.05, 0) is 24.6 Å². The first-order valence-corrected chi connectivity index (χ1v) is 6.38. The zero-order valence-electron chi connectivity index (χ0n) is 11.3. The van der Waals surface area contributed by atoms with Crippen molar-refractivity contribution in [2.45, 2.75) is 18.9 Å². The summed E-state index contributed by atoms with van der Waals surface area (Å²) in [6, 6.07) is 3.01. The van der Waals surface area contributed by atoms with Gasteiger partial charge >= 0.3 is 11.9 Å². The lowest BCUT2D eigenvalue weighted by atomic mass is 10.1. The molecule has 0 unspecified atom stereocenters. The minimum Gasteiger partial charge on any atom is -0.480 e. The summed E-state index contributed by atoms with van der Waals surface area (Å²) in [5.74, 6) is -2.41. The molecule has 0 radical (unpaired) electrons. The van der Waals surface area contributed by atoms with Gasteiger partial charge in [-0.25, -0.2) is 4.79 Å². The van der Waals surface area contributed by atoms with E-state index in [1.165, 1.54) is 25.3 Å². The van der Waals surface area contributed by atoms with Gasteiger partial charge in [-0.3, -0.25) is 9.59 Å². The maximum atomic E-state index is 11.9. The summed E-state index contributed by atoms with van der Waals surface area (Å²) in [5, 5.41) is 11.6. The van der Waals surface area contributed by atoms with Gasteiger partial charge in [0.2, 0.25) is 0 Å². The number of methoxy groups -OCH3 is 1. The van der Waals surface area contributed by atoms with Gasteiger partial charge in [-0.2, -0.15) is 0 Å². The summed E-state index contributed by atoms with van der Waals surface area (Å²) in [6.45, 7) is 0. The number of carboxylic acid groups (broad SMARTS) is 1. The van der Waals surface area contributed by atoms with E-state index in [2.05, 4.69) is 10.1 Å². The number of hydrogen-bond donors (Lipinski definition) is 3. The molecule has 0 aliphatic rings. The number of carboxylic acids is 1. The molecule has 1 aromatic rings. The predicted molar refractivity (Wildman–Crippen MR) is 76.0 cm³/mol. The van der Waals surface area contributed by atoms with Gasteiger partial charge in [-0.15, -0.1) is 0 Å². The third-order valence-corrected chi connectivity index (χ3v) is 3.06. The smallest absolute Gasteiger partial charge is 0.326 e. The molecule has 7 nitrogen and oxygen atoms in total. The Hall–Kier alpha value is -2.28. The highest BCUT2D eigenvalue weighted by molar-refractivity contribution is 6.33. The third kappa shape index (κ3) is 4.96. The molecule has 1 aromatic carbocycles. The fourth-order valence-corrected chi connectivity index (χ4v) is 1.71. The van der Waals surface area contributed by atoms with Gasteiger partial charge in [0.25, 0.3) is 5.91 Å². The molecule has 114 valence electrons. The number of nitrogens with two attached hydrogens (primary N) is 1. The number of benzene rings is 1. The lowest BCUT2D eigenvalue weighted by molar-refractivity contribution is -0.142. The fraction of sp³-hybridized carbons (Fsp3) is 0.308. The molecule has 8 heteroatoms. The van der Waals surface area contributed by atoms with Crippen LogP contribution in [0.15, 0.2) is 18.2 Å². The number of hydrogen-bond acceptors (Lipinski definition) is 5. The van der Waals surface area contributed by atoms with Crippen molar-refractivity contribution in [1.29, 1.82) is 0 Å². The predicted octanol–water partition coefficient (Wildman–Crippen LogP) is 1.06. The number of carbonyl (C=O) groups excluding carboxylic acids is 2. The standard InChI is InChI=1S/C13H15ClN2O5/c1-21-11(17)5-4-10(13(19)20)16-12(18)7-2-3-9(15)8(14)6-7/h2-3,6,10H,4-5,15H2,1H3,(H,16,18)(H,19,20)/t10-/m1/s1. The highest BCUT2D eigenvalue weighted by atomic mass is 35.5. The van der Waals surface area contributed by atoms with Gasteiger partial charge in [0.1, 0.15) is 6.04 Å². The summed E-state index contributed by atoms with van der Waals surface area (Å²) in [7, 11) is 1.20. The first-order chi connectivity index (χ1) is 9.85. The first kappa shape index (κ1) is 16.8. The van der Waals surface area contributed by atoms with E-state index in [0.717, 1.165) is 0 Å². The van der Waals surface area contributed by atoms with Crippen LogP contribution < -0.4 is 11.1 Å². The maximum Gasteiger partial charge on any atom is 0.326 e. The lowest BCUT2D eigenvalue weighted by Crippen LogP contribution is -2.41. The zero-order valence-corrected chi connectivity index (χ0v) is 12.0. The molecule has 0 aromatic heterocycles. The van der Waals surface area contributed by atoms with Crippen LogP contribution in [0.5, 0.6) is 0 Å². The Morgan fingerprint density at radius 2 is 2.10 bits per heavy atom. The van der Waals surface area contributed by atoms with E-state index in [1.807, 2.05) is 0 Å². The number of esters is 1. The SMILES string of the molecule is COC(=O)CC[C@@H](NC(=O)c1ccc(N)c(Cl)c1)C(=O)O. The van der Waals surface area contributed by atoms with Crippen molar-refractivity contribution in [3.05, 3.63) is 28.8 Å². The Kier molecular flexibility index (Phi) is 5.98. The van der Waals surface area contributed by atoms with Crippen LogP contribution in [0.3, 0.4) is 0 Å². The van der Waals surface area contributed by atoms with E-state index < -0.39 is 23.9 Å². The van der Waals surface area contributed by atoms with Crippen molar-refractivity contribution < 1.29 is 24.2 Å². The van der Waals surface area contributed by atoms with Crippen LogP contribution in [0.2, 0.25) is 5.02 Å². The van der Waals surface area contributed by atoms with Gasteiger partial charge < -0.3 is 20.9 Å².